The van der Waals surface area contributed by atoms with E-state index < -0.39 is 5.97 Å². The van der Waals surface area contributed by atoms with Gasteiger partial charge >= 0.3 is 5.97 Å². The smallest absolute Gasteiger partial charge is 0.335 e. The molecule has 3 heteroatoms. The zero-order chi connectivity index (χ0) is 14.4. The predicted molar refractivity (Wildman–Crippen MR) is 89.5 cm³/mol. The highest BCUT2D eigenvalue weighted by atomic mass is 35.5. The Labute approximate surface area is 134 Å². The number of rotatable bonds is 6. The van der Waals surface area contributed by atoms with E-state index in [9.17, 15) is 9.90 Å². The van der Waals surface area contributed by atoms with Crippen LogP contribution < -0.4 is 0 Å². The molecule has 118 valence electrons. The summed E-state index contributed by atoms with van der Waals surface area (Å²) in [6.45, 7) is 2.25. The minimum Gasteiger partial charge on any atom is -0.478 e. The molecule has 0 heterocycles. The summed E-state index contributed by atoms with van der Waals surface area (Å²) in [5.41, 5.74) is 1.55. The van der Waals surface area contributed by atoms with Crippen LogP contribution in [-0.4, -0.2) is 11.1 Å². The van der Waals surface area contributed by atoms with Gasteiger partial charge in [0.2, 0.25) is 0 Å². The van der Waals surface area contributed by atoms with E-state index in [1.54, 1.807) is 6.07 Å². The maximum atomic E-state index is 11.3. The topological polar surface area (TPSA) is 37.3 Å². The van der Waals surface area contributed by atoms with Gasteiger partial charge in [0.25, 0.3) is 0 Å². The maximum absolute atomic E-state index is 11.3. The first-order valence-electron chi connectivity index (χ1n) is 8.04. The van der Waals surface area contributed by atoms with Crippen LogP contribution in [-0.2, 0) is 0 Å². The molecule has 0 bridgehead atoms. The molecule has 1 N–H and O–H groups in total. The second-order valence-electron chi connectivity index (χ2n) is 6.11. The normalized spacial score (nSPS) is 21.6. The maximum Gasteiger partial charge on any atom is 0.335 e. The first-order valence-corrected chi connectivity index (χ1v) is 8.04. The van der Waals surface area contributed by atoms with Crippen LogP contribution in [0.25, 0.3) is 0 Å². The Kier molecular flexibility index (Phi) is 7.81. The third-order valence-electron chi connectivity index (χ3n) is 4.69. The number of carboxylic acids is 1. The molecule has 0 amide bonds. The van der Waals surface area contributed by atoms with E-state index in [0.717, 1.165) is 24.3 Å². The first-order chi connectivity index (χ1) is 9.72. The lowest BCUT2D eigenvalue weighted by Gasteiger charge is -2.29. The van der Waals surface area contributed by atoms with Crippen LogP contribution >= 0.6 is 12.4 Å². The number of hydrogen-bond donors (Lipinski definition) is 1. The van der Waals surface area contributed by atoms with Crippen molar-refractivity contribution in [2.24, 2.45) is 5.92 Å². The van der Waals surface area contributed by atoms with Crippen LogP contribution in [0.2, 0.25) is 0 Å². The molecule has 1 aromatic carbocycles. The fourth-order valence-corrected chi connectivity index (χ4v) is 3.49. The molecule has 1 aliphatic rings. The number of unbranched alkanes of at least 4 members (excludes halogenated alkanes) is 2. The van der Waals surface area contributed by atoms with Crippen LogP contribution in [0, 0.1) is 5.92 Å². The SMILES string of the molecule is CCCCC[C@H]1CC[C@H](c2ccccc2C(=O)O)CC1.Cl. The van der Waals surface area contributed by atoms with E-state index >= 15 is 0 Å². The minimum atomic E-state index is -0.786. The summed E-state index contributed by atoms with van der Waals surface area (Å²) in [7, 11) is 0. The number of carboxylic acid groups (broad SMARTS) is 1. The largest absolute Gasteiger partial charge is 0.478 e. The van der Waals surface area contributed by atoms with Gasteiger partial charge in [0, 0.05) is 0 Å². The van der Waals surface area contributed by atoms with Gasteiger partial charge in [0.15, 0.2) is 0 Å². The van der Waals surface area contributed by atoms with Crippen molar-refractivity contribution in [2.75, 3.05) is 0 Å². The fourth-order valence-electron chi connectivity index (χ4n) is 3.49. The van der Waals surface area contributed by atoms with Crippen LogP contribution in [0.5, 0.6) is 0 Å². The zero-order valence-electron chi connectivity index (χ0n) is 12.9. The highest BCUT2D eigenvalue weighted by molar-refractivity contribution is 5.89. The second-order valence-corrected chi connectivity index (χ2v) is 6.11. The molecule has 0 aliphatic heterocycles. The van der Waals surface area contributed by atoms with E-state index in [0.29, 0.717) is 11.5 Å². The van der Waals surface area contributed by atoms with Crippen molar-refractivity contribution in [1.29, 1.82) is 0 Å². The van der Waals surface area contributed by atoms with Crippen LogP contribution in [0.1, 0.15) is 80.1 Å². The van der Waals surface area contributed by atoms with Gasteiger partial charge in [0.1, 0.15) is 0 Å². The summed E-state index contributed by atoms with van der Waals surface area (Å²) in [6.07, 6.45) is 10.2. The molecular formula is C18H27ClO2. The van der Waals surface area contributed by atoms with Gasteiger partial charge in [-0.2, -0.15) is 0 Å². The van der Waals surface area contributed by atoms with Gasteiger partial charge in [-0.15, -0.1) is 12.4 Å². The van der Waals surface area contributed by atoms with Crippen molar-refractivity contribution in [2.45, 2.75) is 64.2 Å². The first kappa shape index (κ1) is 18.0. The number of halogens is 1. The molecule has 1 saturated carbocycles. The van der Waals surface area contributed by atoms with Crippen LogP contribution in [0.3, 0.4) is 0 Å². The zero-order valence-corrected chi connectivity index (χ0v) is 13.7. The number of carbonyl (C=O) groups is 1. The number of benzene rings is 1. The Morgan fingerprint density at radius 3 is 2.43 bits per heavy atom. The van der Waals surface area contributed by atoms with Gasteiger partial charge in [-0.05, 0) is 49.1 Å². The molecule has 1 aromatic rings. The molecule has 0 aromatic heterocycles. The van der Waals surface area contributed by atoms with E-state index in [4.69, 9.17) is 0 Å². The summed E-state index contributed by atoms with van der Waals surface area (Å²) in [6, 6.07) is 7.54. The third-order valence-corrected chi connectivity index (χ3v) is 4.69. The van der Waals surface area contributed by atoms with E-state index in [-0.39, 0.29) is 12.4 Å². The number of hydrogen-bond acceptors (Lipinski definition) is 1. The fraction of sp³-hybridized carbons (Fsp3) is 0.611. The highest BCUT2D eigenvalue weighted by Gasteiger charge is 2.24. The van der Waals surface area contributed by atoms with E-state index in [1.807, 2.05) is 18.2 Å². The standard InChI is InChI=1S/C18H26O2.ClH/c1-2-3-4-7-14-10-12-15(13-11-14)16-8-5-6-9-17(16)18(19)20;/h5-6,8-9,14-15H,2-4,7,10-13H2,1H3,(H,19,20);1H/t14-,15-;. The molecule has 0 unspecified atom stereocenters. The Balaban J connectivity index is 0.00000220. The quantitative estimate of drug-likeness (QED) is 0.688. The van der Waals surface area contributed by atoms with Gasteiger partial charge < -0.3 is 5.11 Å². The van der Waals surface area contributed by atoms with Crippen molar-refractivity contribution in [3.05, 3.63) is 35.4 Å². The second kappa shape index (κ2) is 9.09. The summed E-state index contributed by atoms with van der Waals surface area (Å²) in [5.74, 6) is 0.533. The average Bonchev–Trinajstić information content (AvgIpc) is 2.48. The Morgan fingerprint density at radius 1 is 1.14 bits per heavy atom. The monoisotopic (exact) mass is 310 g/mol. The highest BCUT2D eigenvalue weighted by Crippen LogP contribution is 2.38. The minimum absolute atomic E-state index is 0. The Hall–Kier alpha value is -1.02. The summed E-state index contributed by atoms with van der Waals surface area (Å²) >= 11 is 0. The molecule has 2 nitrogen and oxygen atoms in total. The summed E-state index contributed by atoms with van der Waals surface area (Å²) in [5, 5.41) is 9.29. The summed E-state index contributed by atoms with van der Waals surface area (Å²) < 4.78 is 0. The summed E-state index contributed by atoms with van der Waals surface area (Å²) in [4.78, 5) is 11.3. The molecule has 1 fully saturated rings. The van der Waals surface area contributed by atoms with Crippen LogP contribution in [0.15, 0.2) is 24.3 Å². The van der Waals surface area contributed by atoms with Crippen LogP contribution in [0.4, 0.5) is 0 Å². The van der Waals surface area contributed by atoms with Crippen molar-refractivity contribution >= 4 is 18.4 Å². The van der Waals surface area contributed by atoms with Crippen molar-refractivity contribution in [1.82, 2.24) is 0 Å². The van der Waals surface area contributed by atoms with Gasteiger partial charge in [-0.25, -0.2) is 4.79 Å². The molecular weight excluding hydrogens is 284 g/mol. The molecule has 0 atom stereocenters. The van der Waals surface area contributed by atoms with Crippen molar-refractivity contribution < 1.29 is 9.90 Å². The van der Waals surface area contributed by atoms with Gasteiger partial charge in [0.05, 0.1) is 5.56 Å². The molecule has 0 saturated heterocycles. The van der Waals surface area contributed by atoms with E-state index in [1.165, 1.54) is 38.5 Å². The molecule has 0 spiro atoms. The van der Waals surface area contributed by atoms with Gasteiger partial charge in [-0.1, -0.05) is 50.8 Å². The lowest BCUT2D eigenvalue weighted by atomic mass is 9.76. The van der Waals surface area contributed by atoms with Crippen molar-refractivity contribution in [3.8, 4) is 0 Å². The van der Waals surface area contributed by atoms with E-state index in [2.05, 4.69) is 6.92 Å². The number of aromatic carboxylic acids is 1. The molecule has 0 radical (unpaired) electrons. The molecule has 2 rings (SSSR count). The molecule has 21 heavy (non-hydrogen) atoms. The molecule has 1 aliphatic carbocycles. The lowest BCUT2D eigenvalue weighted by Crippen LogP contribution is -2.15. The predicted octanol–water partition coefficient (Wildman–Crippen LogP) is 5.66. The lowest BCUT2D eigenvalue weighted by molar-refractivity contribution is 0.0694. The Bertz CT molecular complexity index is 437. The van der Waals surface area contributed by atoms with Crippen molar-refractivity contribution in [3.63, 3.8) is 0 Å². The van der Waals surface area contributed by atoms with Gasteiger partial charge in [-0.3, -0.25) is 0 Å². The Morgan fingerprint density at radius 2 is 1.81 bits per heavy atom. The average molecular weight is 311 g/mol. The third kappa shape index (κ3) is 5.03.